The maximum Gasteiger partial charge on any atom is 0.339 e. The van der Waals surface area contributed by atoms with Crippen LogP contribution in [-0.4, -0.2) is 17.6 Å². The SMILES string of the molecule is CCOC(=O)c1cc(C(C)C)c(CC(C)C)nc1CC. The summed E-state index contributed by atoms with van der Waals surface area (Å²) in [5.74, 6) is 0.656. The summed E-state index contributed by atoms with van der Waals surface area (Å²) in [7, 11) is 0. The molecular weight excluding hydrogens is 250 g/mol. The minimum absolute atomic E-state index is 0.255. The van der Waals surface area contributed by atoms with E-state index in [4.69, 9.17) is 9.72 Å². The lowest BCUT2D eigenvalue weighted by molar-refractivity contribution is 0.0524. The van der Waals surface area contributed by atoms with Gasteiger partial charge in [0.05, 0.1) is 17.9 Å². The highest BCUT2D eigenvalue weighted by Crippen LogP contribution is 2.24. The normalized spacial score (nSPS) is 11.2. The molecule has 0 aromatic carbocycles. The Balaban J connectivity index is 3.32. The first-order chi connectivity index (χ1) is 9.40. The minimum Gasteiger partial charge on any atom is -0.462 e. The fourth-order valence-electron chi connectivity index (χ4n) is 2.31. The van der Waals surface area contributed by atoms with Crippen molar-refractivity contribution < 1.29 is 9.53 Å². The molecule has 0 spiro atoms. The van der Waals surface area contributed by atoms with Gasteiger partial charge in [-0.2, -0.15) is 0 Å². The highest BCUT2D eigenvalue weighted by Gasteiger charge is 2.19. The summed E-state index contributed by atoms with van der Waals surface area (Å²) in [5.41, 5.74) is 3.77. The van der Waals surface area contributed by atoms with Gasteiger partial charge in [0.25, 0.3) is 0 Å². The number of carbonyl (C=O) groups excluding carboxylic acids is 1. The Kier molecular flexibility index (Phi) is 6.18. The van der Waals surface area contributed by atoms with Gasteiger partial charge in [0.2, 0.25) is 0 Å². The van der Waals surface area contributed by atoms with Gasteiger partial charge in [-0.25, -0.2) is 4.79 Å². The largest absolute Gasteiger partial charge is 0.462 e. The number of aryl methyl sites for hydroxylation is 1. The van der Waals surface area contributed by atoms with E-state index in [9.17, 15) is 4.79 Å². The summed E-state index contributed by atoms with van der Waals surface area (Å²) >= 11 is 0. The first-order valence-corrected chi connectivity index (χ1v) is 7.60. The van der Waals surface area contributed by atoms with Crippen molar-refractivity contribution in [2.24, 2.45) is 5.92 Å². The van der Waals surface area contributed by atoms with Crippen LogP contribution in [0.5, 0.6) is 0 Å². The molecule has 0 saturated heterocycles. The Labute approximate surface area is 122 Å². The predicted molar refractivity (Wildman–Crippen MR) is 82.2 cm³/mol. The molecule has 0 bridgehead atoms. The summed E-state index contributed by atoms with van der Waals surface area (Å²) < 4.78 is 5.15. The van der Waals surface area contributed by atoms with Gasteiger partial charge in [-0.1, -0.05) is 34.6 Å². The molecule has 0 aliphatic heterocycles. The summed E-state index contributed by atoms with van der Waals surface area (Å²) in [6.45, 7) is 12.9. The van der Waals surface area contributed by atoms with Crippen LogP contribution in [0.1, 0.15) is 74.8 Å². The number of esters is 1. The predicted octanol–water partition coefficient (Wildman–Crippen LogP) is 4.14. The Morgan fingerprint density at radius 1 is 1.20 bits per heavy atom. The van der Waals surface area contributed by atoms with E-state index in [2.05, 4.69) is 27.7 Å². The van der Waals surface area contributed by atoms with Crippen LogP contribution >= 0.6 is 0 Å². The van der Waals surface area contributed by atoms with E-state index < -0.39 is 0 Å². The third kappa shape index (κ3) is 4.06. The molecule has 20 heavy (non-hydrogen) atoms. The molecule has 0 amide bonds. The van der Waals surface area contributed by atoms with Crippen LogP contribution in [0.3, 0.4) is 0 Å². The molecule has 0 aliphatic carbocycles. The third-order valence-electron chi connectivity index (χ3n) is 3.27. The van der Waals surface area contributed by atoms with Crippen LogP contribution in [-0.2, 0) is 17.6 Å². The van der Waals surface area contributed by atoms with Gasteiger partial charge in [0.15, 0.2) is 0 Å². The van der Waals surface area contributed by atoms with Crippen molar-refractivity contribution in [1.82, 2.24) is 4.98 Å². The first kappa shape index (κ1) is 16.7. The number of hydrogen-bond donors (Lipinski definition) is 0. The van der Waals surface area contributed by atoms with Crippen molar-refractivity contribution in [2.45, 2.75) is 60.3 Å². The standard InChI is InChI=1S/C17H27NO2/c1-7-15-14(17(19)20-8-2)10-13(12(5)6)16(18-15)9-11(3)4/h10-12H,7-9H2,1-6H3. The number of rotatable bonds is 6. The Hall–Kier alpha value is -1.38. The molecule has 0 radical (unpaired) electrons. The smallest absolute Gasteiger partial charge is 0.339 e. The van der Waals surface area contributed by atoms with Gasteiger partial charge < -0.3 is 4.74 Å². The van der Waals surface area contributed by atoms with Gasteiger partial charge >= 0.3 is 5.97 Å². The molecule has 1 heterocycles. The van der Waals surface area contributed by atoms with Gasteiger partial charge in [-0.3, -0.25) is 4.98 Å². The van der Waals surface area contributed by atoms with E-state index in [1.54, 1.807) is 0 Å². The van der Waals surface area contributed by atoms with E-state index in [-0.39, 0.29) is 5.97 Å². The zero-order chi connectivity index (χ0) is 15.3. The molecule has 1 aromatic rings. The highest BCUT2D eigenvalue weighted by atomic mass is 16.5. The van der Waals surface area contributed by atoms with E-state index in [0.717, 1.165) is 24.2 Å². The van der Waals surface area contributed by atoms with E-state index in [0.29, 0.717) is 24.0 Å². The molecule has 112 valence electrons. The molecule has 0 saturated carbocycles. The fraction of sp³-hybridized carbons (Fsp3) is 0.647. The molecule has 0 aliphatic rings. The topological polar surface area (TPSA) is 39.2 Å². The second-order valence-corrected chi connectivity index (χ2v) is 5.85. The average molecular weight is 277 g/mol. The van der Waals surface area contributed by atoms with Crippen LogP contribution in [0.25, 0.3) is 0 Å². The number of hydrogen-bond acceptors (Lipinski definition) is 3. The number of pyridine rings is 1. The Morgan fingerprint density at radius 2 is 1.85 bits per heavy atom. The molecule has 0 unspecified atom stereocenters. The Bertz CT molecular complexity index is 464. The molecule has 1 rings (SSSR count). The molecule has 3 heteroatoms. The quantitative estimate of drug-likeness (QED) is 0.733. The number of aromatic nitrogens is 1. The summed E-state index contributed by atoms with van der Waals surface area (Å²) in [6, 6.07) is 1.99. The maximum absolute atomic E-state index is 12.1. The lowest BCUT2D eigenvalue weighted by Crippen LogP contribution is -2.14. The Morgan fingerprint density at radius 3 is 2.30 bits per heavy atom. The number of ether oxygens (including phenoxy) is 1. The number of carbonyl (C=O) groups is 1. The molecule has 0 N–H and O–H groups in total. The van der Waals surface area contributed by atoms with Gasteiger partial charge in [0, 0.05) is 5.69 Å². The molecule has 3 nitrogen and oxygen atoms in total. The first-order valence-electron chi connectivity index (χ1n) is 7.60. The lowest BCUT2D eigenvalue weighted by Gasteiger charge is -2.17. The van der Waals surface area contributed by atoms with Crippen molar-refractivity contribution >= 4 is 5.97 Å². The van der Waals surface area contributed by atoms with Crippen LogP contribution in [0.2, 0.25) is 0 Å². The van der Waals surface area contributed by atoms with Crippen molar-refractivity contribution in [3.05, 3.63) is 28.6 Å². The van der Waals surface area contributed by atoms with Crippen LogP contribution < -0.4 is 0 Å². The fourth-order valence-corrected chi connectivity index (χ4v) is 2.31. The summed E-state index contributed by atoms with van der Waals surface area (Å²) in [5, 5.41) is 0. The maximum atomic E-state index is 12.1. The van der Waals surface area contributed by atoms with Gasteiger partial charge in [-0.15, -0.1) is 0 Å². The number of nitrogens with zero attached hydrogens (tertiary/aromatic N) is 1. The van der Waals surface area contributed by atoms with Crippen LogP contribution in [0.4, 0.5) is 0 Å². The second kappa shape index (κ2) is 7.41. The monoisotopic (exact) mass is 277 g/mol. The van der Waals surface area contributed by atoms with Crippen molar-refractivity contribution in [3.63, 3.8) is 0 Å². The molecular formula is C17H27NO2. The van der Waals surface area contributed by atoms with E-state index in [1.807, 2.05) is 19.9 Å². The van der Waals surface area contributed by atoms with Gasteiger partial charge in [-0.05, 0) is 43.2 Å². The lowest BCUT2D eigenvalue weighted by atomic mass is 9.93. The second-order valence-electron chi connectivity index (χ2n) is 5.85. The van der Waals surface area contributed by atoms with Crippen molar-refractivity contribution in [1.29, 1.82) is 0 Å². The van der Waals surface area contributed by atoms with E-state index in [1.165, 1.54) is 5.56 Å². The molecule has 0 atom stereocenters. The van der Waals surface area contributed by atoms with Gasteiger partial charge in [0.1, 0.15) is 0 Å². The average Bonchev–Trinajstić information content (AvgIpc) is 2.37. The van der Waals surface area contributed by atoms with Crippen LogP contribution in [0, 0.1) is 5.92 Å². The van der Waals surface area contributed by atoms with Crippen molar-refractivity contribution in [3.8, 4) is 0 Å². The van der Waals surface area contributed by atoms with Crippen molar-refractivity contribution in [2.75, 3.05) is 6.61 Å². The van der Waals surface area contributed by atoms with E-state index >= 15 is 0 Å². The zero-order valence-electron chi connectivity index (χ0n) is 13.6. The molecule has 0 fully saturated rings. The summed E-state index contributed by atoms with van der Waals surface area (Å²) in [6.07, 6.45) is 1.70. The van der Waals surface area contributed by atoms with Crippen LogP contribution in [0.15, 0.2) is 6.07 Å². The zero-order valence-corrected chi connectivity index (χ0v) is 13.6. The third-order valence-corrected chi connectivity index (χ3v) is 3.27. The highest BCUT2D eigenvalue weighted by molar-refractivity contribution is 5.91. The minimum atomic E-state index is -0.255. The summed E-state index contributed by atoms with van der Waals surface area (Å²) in [4.78, 5) is 16.8. The molecule has 1 aromatic heterocycles.